The first-order chi connectivity index (χ1) is 12.1. The normalized spacial score (nSPS) is 21.2. The van der Waals surface area contributed by atoms with Gasteiger partial charge in [-0.3, -0.25) is 4.79 Å². The van der Waals surface area contributed by atoms with Crippen LogP contribution in [0.3, 0.4) is 0 Å². The molecule has 26 heavy (non-hydrogen) atoms. The van der Waals surface area contributed by atoms with Gasteiger partial charge >= 0.3 is 6.18 Å². The van der Waals surface area contributed by atoms with Gasteiger partial charge in [-0.15, -0.1) is 0 Å². The van der Waals surface area contributed by atoms with Gasteiger partial charge in [0.15, 0.2) is 0 Å². The summed E-state index contributed by atoms with van der Waals surface area (Å²) in [4.78, 5) is 12.5. The molecule has 5 heteroatoms. The van der Waals surface area contributed by atoms with Gasteiger partial charge in [0.1, 0.15) is 0 Å². The van der Waals surface area contributed by atoms with Crippen molar-refractivity contribution in [1.29, 1.82) is 0 Å². The van der Waals surface area contributed by atoms with Crippen molar-refractivity contribution in [2.75, 3.05) is 0 Å². The van der Waals surface area contributed by atoms with Crippen molar-refractivity contribution >= 4 is 5.91 Å². The van der Waals surface area contributed by atoms with E-state index in [4.69, 9.17) is 0 Å². The zero-order valence-electron chi connectivity index (χ0n) is 15.3. The number of halogens is 3. The van der Waals surface area contributed by atoms with E-state index in [0.717, 1.165) is 42.5 Å². The molecule has 0 radical (unpaired) electrons. The maximum atomic E-state index is 13.1. The molecule has 1 fully saturated rings. The third-order valence-electron chi connectivity index (χ3n) is 4.89. The van der Waals surface area contributed by atoms with Crippen LogP contribution in [0.5, 0.6) is 0 Å². The van der Waals surface area contributed by atoms with E-state index in [0.29, 0.717) is 0 Å². The highest BCUT2D eigenvalue weighted by Crippen LogP contribution is 2.39. The average molecular weight is 363 g/mol. The largest absolute Gasteiger partial charge is 0.413 e. The van der Waals surface area contributed by atoms with Crippen molar-refractivity contribution in [2.24, 2.45) is 0 Å². The molecule has 0 saturated heterocycles. The summed E-state index contributed by atoms with van der Waals surface area (Å²) in [5.74, 6) is -0.562. The standard InChI is InChI=1S/C21H24F3NO/c1-5-6-7-17(15(4)21(22,23)24)20(26)25-19-11-10-18(19)16-9-8-13(2)12-14(16)3/h5-9,12,18-19H,1,10-11H2,2-4H3,(H,25,26)/b7-6-,17-15-/t18?,19-/m0/s1. The highest BCUT2D eigenvalue weighted by atomic mass is 19.4. The van der Waals surface area contributed by atoms with Gasteiger partial charge < -0.3 is 5.32 Å². The molecule has 140 valence electrons. The van der Waals surface area contributed by atoms with E-state index in [2.05, 4.69) is 18.0 Å². The SMILES string of the molecule is C=C/C=C\C(C(=O)N[C@H]1CCC1c1ccc(C)cc1C)=C(/C)C(F)(F)F. The van der Waals surface area contributed by atoms with Crippen LogP contribution in [0, 0.1) is 13.8 Å². The third kappa shape index (κ3) is 4.45. The molecule has 1 N–H and O–H groups in total. The molecule has 1 aromatic rings. The van der Waals surface area contributed by atoms with Crippen LogP contribution < -0.4 is 5.32 Å². The molecule has 0 aliphatic heterocycles. The maximum absolute atomic E-state index is 13.1. The van der Waals surface area contributed by atoms with Gasteiger partial charge in [0, 0.05) is 23.1 Å². The number of allylic oxidation sites excluding steroid dienone is 3. The molecule has 1 aromatic carbocycles. The Hall–Kier alpha value is -2.30. The van der Waals surface area contributed by atoms with Crippen LogP contribution in [-0.4, -0.2) is 18.1 Å². The third-order valence-corrected chi connectivity index (χ3v) is 4.89. The lowest BCUT2D eigenvalue weighted by Gasteiger charge is -2.38. The topological polar surface area (TPSA) is 29.1 Å². The predicted molar refractivity (Wildman–Crippen MR) is 97.9 cm³/mol. The predicted octanol–water partition coefficient (Wildman–Crippen LogP) is 5.29. The first-order valence-electron chi connectivity index (χ1n) is 8.60. The molecular formula is C21H24F3NO. The summed E-state index contributed by atoms with van der Waals surface area (Å²) in [5, 5.41) is 2.79. The number of amides is 1. The first kappa shape index (κ1) is 20.0. The quantitative estimate of drug-likeness (QED) is 0.559. The van der Waals surface area contributed by atoms with Gasteiger partial charge in [-0.1, -0.05) is 42.5 Å². The van der Waals surface area contributed by atoms with Crippen molar-refractivity contribution in [1.82, 2.24) is 5.32 Å². The van der Waals surface area contributed by atoms with E-state index in [-0.39, 0.29) is 17.5 Å². The Balaban J connectivity index is 2.21. The Kier molecular flexibility index (Phi) is 6.11. The molecule has 2 rings (SSSR count). The van der Waals surface area contributed by atoms with Crippen LogP contribution >= 0.6 is 0 Å². The van der Waals surface area contributed by atoms with Crippen molar-refractivity contribution in [3.05, 3.63) is 70.8 Å². The summed E-state index contributed by atoms with van der Waals surface area (Å²) in [6.07, 6.45) is 0.966. The minimum absolute atomic E-state index is 0.135. The van der Waals surface area contributed by atoms with Crippen LogP contribution in [0.2, 0.25) is 0 Å². The monoisotopic (exact) mass is 363 g/mol. The van der Waals surface area contributed by atoms with Gasteiger partial charge in [0.25, 0.3) is 5.91 Å². The Bertz CT molecular complexity index is 759. The van der Waals surface area contributed by atoms with E-state index in [1.165, 1.54) is 12.2 Å². The van der Waals surface area contributed by atoms with Crippen molar-refractivity contribution in [3.8, 4) is 0 Å². The number of benzene rings is 1. The molecule has 1 aliphatic carbocycles. The highest BCUT2D eigenvalue weighted by Gasteiger charge is 2.37. The molecule has 2 nitrogen and oxygen atoms in total. The Morgan fingerprint density at radius 2 is 1.96 bits per heavy atom. The summed E-state index contributed by atoms with van der Waals surface area (Å²) in [6, 6.07) is 5.99. The zero-order valence-corrected chi connectivity index (χ0v) is 15.3. The van der Waals surface area contributed by atoms with Gasteiger partial charge in [0.05, 0.1) is 0 Å². The van der Waals surface area contributed by atoms with E-state index in [1.54, 1.807) is 0 Å². The lowest BCUT2D eigenvalue weighted by atomic mass is 9.73. The highest BCUT2D eigenvalue weighted by molar-refractivity contribution is 5.97. The molecule has 0 bridgehead atoms. The molecule has 1 unspecified atom stereocenters. The van der Waals surface area contributed by atoms with Gasteiger partial charge in [-0.2, -0.15) is 13.2 Å². The Morgan fingerprint density at radius 1 is 1.27 bits per heavy atom. The molecule has 0 spiro atoms. The van der Waals surface area contributed by atoms with Crippen LogP contribution in [-0.2, 0) is 4.79 Å². The fraction of sp³-hybridized carbons (Fsp3) is 0.381. The molecule has 2 atom stereocenters. The number of nitrogens with one attached hydrogen (secondary N) is 1. The zero-order chi connectivity index (χ0) is 19.5. The summed E-state index contributed by atoms with van der Waals surface area (Å²) >= 11 is 0. The number of carbonyl (C=O) groups is 1. The van der Waals surface area contributed by atoms with Crippen LogP contribution in [0.4, 0.5) is 13.2 Å². The second-order valence-corrected chi connectivity index (χ2v) is 6.76. The minimum atomic E-state index is -4.55. The summed E-state index contributed by atoms with van der Waals surface area (Å²) in [6.45, 7) is 8.40. The lowest BCUT2D eigenvalue weighted by molar-refractivity contribution is -0.120. The van der Waals surface area contributed by atoms with Crippen molar-refractivity contribution in [3.63, 3.8) is 0 Å². The van der Waals surface area contributed by atoms with Crippen LogP contribution in [0.25, 0.3) is 0 Å². The smallest absolute Gasteiger partial charge is 0.349 e. The van der Waals surface area contributed by atoms with Gasteiger partial charge in [-0.05, 0) is 50.8 Å². The number of aryl methyl sites for hydroxylation is 2. The number of hydrogen-bond donors (Lipinski definition) is 1. The Labute approximate surface area is 152 Å². The van der Waals surface area contributed by atoms with Crippen molar-refractivity contribution in [2.45, 2.75) is 51.7 Å². The number of alkyl halides is 3. The second-order valence-electron chi connectivity index (χ2n) is 6.76. The van der Waals surface area contributed by atoms with Crippen LogP contribution in [0.15, 0.2) is 54.2 Å². The molecule has 0 aromatic heterocycles. The number of rotatable bonds is 5. The molecule has 1 saturated carbocycles. The van der Waals surface area contributed by atoms with E-state index >= 15 is 0 Å². The summed E-state index contributed by atoms with van der Waals surface area (Å²) < 4.78 is 39.2. The van der Waals surface area contributed by atoms with E-state index in [1.807, 2.05) is 26.0 Å². The molecule has 1 aliphatic rings. The van der Waals surface area contributed by atoms with Gasteiger partial charge in [0.2, 0.25) is 0 Å². The summed E-state index contributed by atoms with van der Waals surface area (Å²) in [7, 11) is 0. The Morgan fingerprint density at radius 3 is 2.46 bits per heavy atom. The molecular weight excluding hydrogens is 339 g/mol. The maximum Gasteiger partial charge on any atom is 0.413 e. The average Bonchev–Trinajstić information content (AvgIpc) is 2.53. The van der Waals surface area contributed by atoms with Gasteiger partial charge in [-0.25, -0.2) is 0 Å². The fourth-order valence-electron chi connectivity index (χ4n) is 3.22. The number of hydrogen-bond acceptors (Lipinski definition) is 1. The van der Waals surface area contributed by atoms with Crippen LogP contribution in [0.1, 0.15) is 42.4 Å². The van der Waals surface area contributed by atoms with E-state index in [9.17, 15) is 18.0 Å². The van der Waals surface area contributed by atoms with Crippen molar-refractivity contribution < 1.29 is 18.0 Å². The number of carbonyl (C=O) groups excluding carboxylic acids is 1. The molecule has 0 heterocycles. The van der Waals surface area contributed by atoms with E-state index < -0.39 is 17.7 Å². The fourth-order valence-corrected chi connectivity index (χ4v) is 3.22. The summed E-state index contributed by atoms with van der Waals surface area (Å²) in [5.41, 5.74) is 2.17. The minimum Gasteiger partial charge on any atom is -0.349 e. The second kappa shape index (κ2) is 7.94. The lowest BCUT2D eigenvalue weighted by Crippen LogP contribution is -2.46. The molecule has 1 amide bonds. The first-order valence-corrected chi connectivity index (χ1v) is 8.60.